The van der Waals surface area contributed by atoms with Gasteiger partial charge in [-0.25, -0.2) is 0 Å². The summed E-state index contributed by atoms with van der Waals surface area (Å²) in [6.07, 6.45) is 9.32. The predicted octanol–water partition coefficient (Wildman–Crippen LogP) is 9.00. The van der Waals surface area contributed by atoms with Crippen LogP contribution in [0.1, 0.15) is 64.9 Å². The largest absolute Gasteiger partial charge is 0.494 e. The minimum atomic E-state index is -1.03. The van der Waals surface area contributed by atoms with Crippen LogP contribution in [0.3, 0.4) is 0 Å². The summed E-state index contributed by atoms with van der Waals surface area (Å²) in [4.78, 5) is 0. The van der Waals surface area contributed by atoms with Gasteiger partial charge in [0.1, 0.15) is 5.75 Å². The SMILES string of the molecule is CCCCCOc1ccc(-c2ccc(CC[Si@]3(C)CC[C@@H](CC(C)C)CC3)cc2)cc1. The highest BCUT2D eigenvalue weighted by Gasteiger charge is 2.32. The topological polar surface area (TPSA) is 9.23 Å². The Morgan fingerprint density at radius 3 is 2.10 bits per heavy atom. The second-order valence-corrected chi connectivity index (χ2v) is 15.8. The Bertz CT molecular complexity index is 754. The fourth-order valence-electron chi connectivity index (χ4n) is 5.12. The van der Waals surface area contributed by atoms with E-state index in [1.165, 1.54) is 61.3 Å². The van der Waals surface area contributed by atoms with Crippen LogP contribution < -0.4 is 4.74 Å². The van der Waals surface area contributed by atoms with Crippen molar-refractivity contribution in [1.82, 2.24) is 0 Å². The number of ether oxygens (including phenoxy) is 1. The molecule has 1 aliphatic heterocycles. The molecule has 0 N–H and O–H groups in total. The van der Waals surface area contributed by atoms with Crippen molar-refractivity contribution in [3.8, 4) is 16.9 Å². The maximum atomic E-state index is 5.85. The lowest BCUT2D eigenvalue weighted by Gasteiger charge is -2.36. The summed E-state index contributed by atoms with van der Waals surface area (Å²) in [6, 6.07) is 22.5. The van der Waals surface area contributed by atoms with Crippen molar-refractivity contribution in [3.63, 3.8) is 0 Å². The first kappa shape index (κ1) is 24.1. The van der Waals surface area contributed by atoms with Crippen molar-refractivity contribution < 1.29 is 4.74 Å². The smallest absolute Gasteiger partial charge is 0.119 e. The summed E-state index contributed by atoms with van der Waals surface area (Å²) < 4.78 is 5.85. The Morgan fingerprint density at radius 1 is 0.903 bits per heavy atom. The quantitative estimate of drug-likeness (QED) is 0.252. The van der Waals surface area contributed by atoms with Crippen molar-refractivity contribution in [1.29, 1.82) is 0 Å². The molecule has 0 aromatic heterocycles. The van der Waals surface area contributed by atoms with E-state index in [4.69, 9.17) is 4.74 Å². The molecule has 0 aliphatic carbocycles. The molecule has 3 rings (SSSR count). The molecule has 0 unspecified atom stereocenters. The van der Waals surface area contributed by atoms with Crippen LogP contribution in [0.5, 0.6) is 5.75 Å². The Balaban J connectivity index is 1.47. The van der Waals surface area contributed by atoms with E-state index >= 15 is 0 Å². The van der Waals surface area contributed by atoms with Gasteiger partial charge in [0.15, 0.2) is 0 Å². The Hall–Kier alpha value is -1.54. The summed E-state index contributed by atoms with van der Waals surface area (Å²) in [5.74, 6) is 2.86. The normalized spacial score (nSPS) is 21.4. The second kappa shape index (κ2) is 11.9. The minimum Gasteiger partial charge on any atom is -0.494 e. The molecule has 1 fully saturated rings. The number of hydrogen-bond donors (Lipinski definition) is 0. The van der Waals surface area contributed by atoms with E-state index in [-0.39, 0.29) is 0 Å². The number of aryl methyl sites for hydroxylation is 1. The lowest BCUT2D eigenvalue weighted by molar-refractivity contribution is 0.306. The first-order valence-corrected chi connectivity index (χ1v) is 15.9. The van der Waals surface area contributed by atoms with Gasteiger partial charge in [0.2, 0.25) is 0 Å². The third-order valence-corrected chi connectivity index (χ3v) is 11.7. The van der Waals surface area contributed by atoms with Crippen molar-refractivity contribution in [3.05, 3.63) is 54.1 Å². The van der Waals surface area contributed by atoms with Crippen LogP contribution in [-0.2, 0) is 6.42 Å². The molecule has 170 valence electrons. The fraction of sp³-hybridized carbons (Fsp3) is 0.586. The summed E-state index contributed by atoms with van der Waals surface area (Å²) in [7, 11) is -1.03. The van der Waals surface area contributed by atoms with Crippen LogP contribution in [0.15, 0.2) is 48.5 Å². The van der Waals surface area contributed by atoms with Gasteiger partial charge in [0, 0.05) is 0 Å². The van der Waals surface area contributed by atoms with E-state index in [1.54, 1.807) is 12.1 Å². The third kappa shape index (κ3) is 7.82. The average molecular weight is 437 g/mol. The van der Waals surface area contributed by atoms with Gasteiger partial charge in [-0.1, -0.05) is 108 Å². The highest BCUT2D eigenvalue weighted by atomic mass is 28.3. The lowest BCUT2D eigenvalue weighted by Crippen LogP contribution is -2.35. The van der Waals surface area contributed by atoms with Crippen molar-refractivity contribution in [2.45, 2.75) is 90.4 Å². The van der Waals surface area contributed by atoms with E-state index in [2.05, 4.69) is 75.8 Å². The number of benzene rings is 2. The van der Waals surface area contributed by atoms with Gasteiger partial charge in [-0.3, -0.25) is 0 Å². The molecule has 0 radical (unpaired) electrons. The van der Waals surface area contributed by atoms with Crippen LogP contribution in [-0.4, -0.2) is 14.7 Å². The molecule has 0 spiro atoms. The zero-order valence-electron chi connectivity index (χ0n) is 20.5. The summed E-state index contributed by atoms with van der Waals surface area (Å²) in [6.45, 7) is 10.5. The number of hydrogen-bond acceptors (Lipinski definition) is 1. The summed E-state index contributed by atoms with van der Waals surface area (Å²) in [5.41, 5.74) is 4.09. The molecular weight excluding hydrogens is 392 g/mol. The van der Waals surface area contributed by atoms with Gasteiger partial charge in [-0.2, -0.15) is 0 Å². The van der Waals surface area contributed by atoms with Crippen LogP contribution in [0.25, 0.3) is 11.1 Å². The molecule has 1 nitrogen and oxygen atoms in total. The van der Waals surface area contributed by atoms with E-state index in [1.807, 2.05) is 0 Å². The molecule has 0 bridgehead atoms. The van der Waals surface area contributed by atoms with Gasteiger partial charge in [-0.15, -0.1) is 0 Å². The molecular formula is C29H44OSi. The molecule has 1 heterocycles. The Labute approximate surface area is 192 Å². The van der Waals surface area contributed by atoms with E-state index < -0.39 is 8.07 Å². The van der Waals surface area contributed by atoms with E-state index in [9.17, 15) is 0 Å². The van der Waals surface area contributed by atoms with E-state index in [0.717, 1.165) is 30.6 Å². The summed E-state index contributed by atoms with van der Waals surface area (Å²) >= 11 is 0. The molecule has 2 aromatic carbocycles. The number of rotatable bonds is 11. The molecule has 31 heavy (non-hydrogen) atoms. The molecule has 0 atom stereocenters. The van der Waals surface area contributed by atoms with Crippen molar-refractivity contribution >= 4 is 8.07 Å². The molecule has 1 aliphatic rings. The monoisotopic (exact) mass is 436 g/mol. The molecule has 2 aromatic rings. The highest BCUT2D eigenvalue weighted by Crippen LogP contribution is 2.38. The average Bonchev–Trinajstić information content (AvgIpc) is 2.78. The minimum absolute atomic E-state index is 0.822. The van der Waals surface area contributed by atoms with Gasteiger partial charge < -0.3 is 4.74 Å². The first-order valence-electron chi connectivity index (χ1n) is 12.8. The molecule has 0 amide bonds. The molecule has 0 saturated carbocycles. The van der Waals surface area contributed by atoms with Crippen LogP contribution in [0.2, 0.25) is 24.7 Å². The van der Waals surface area contributed by atoms with Crippen LogP contribution in [0, 0.1) is 11.8 Å². The standard InChI is InChI=1S/C29H44OSi/c1-5-6-7-19-30-29-14-12-28(13-15-29)27-10-8-25(9-11-27)16-20-31(4)21-17-26(18-22-31)23-24(2)3/h8-15,24,26H,5-7,16-23H2,1-4H3/t26-,31-. The lowest BCUT2D eigenvalue weighted by atomic mass is 9.92. The van der Waals surface area contributed by atoms with Gasteiger partial charge >= 0.3 is 0 Å². The zero-order valence-corrected chi connectivity index (χ0v) is 21.5. The van der Waals surface area contributed by atoms with Crippen LogP contribution >= 0.6 is 0 Å². The maximum Gasteiger partial charge on any atom is 0.119 e. The zero-order chi connectivity index (χ0) is 22.1. The van der Waals surface area contributed by atoms with Crippen molar-refractivity contribution in [2.75, 3.05) is 6.61 Å². The van der Waals surface area contributed by atoms with Gasteiger partial charge in [0.05, 0.1) is 14.7 Å². The second-order valence-electron chi connectivity index (χ2n) is 10.7. The maximum absolute atomic E-state index is 5.85. The third-order valence-electron chi connectivity index (χ3n) is 7.29. The van der Waals surface area contributed by atoms with Crippen LogP contribution in [0.4, 0.5) is 0 Å². The highest BCUT2D eigenvalue weighted by molar-refractivity contribution is 6.78. The van der Waals surface area contributed by atoms with E-state index in [0.29, 0.717) is 0 Å². The van der Waals surface area contributed by atoms with Gasteiger partial charge in [-0.05, 0) is 59.9 Å². The molecule has 2 heteroatoms. The predicted molar refractivity (Wildman–Crippen MR) is 139 cm³/mol. The van der Waals surface area contributed by atoms with Gasteiger partial charge in [0.25, 0.3) is 0 Å². The molecule has 1 saturated heterocycles. The Morgan fingerprint density at radius 2 is 1.52 bits per heavy atom. The number of unbranched alkanes of at least 4 members (excludes halogenated alkanes) is 2. The first-order chi connectivity index (χ1) is 15.0. The summed E-state index contributed by atoms with van der Waals surface area (Å²) in [5, 5.41) is 0. The fourth-order valence-corrected chi connectivity index (χ4v) is 8.98. The van der Waals surface area contributed by atoms with Crippen molar-refractivity contribution in [2.24, 2.45) is 11.8 Å². The Kier molecular flexibility index (Phi) is 9.25.